The molecule has 0 aliphatic rings. The van der Waals surface area contributed by atoms with E-state index in [1.807, 2.05) is 12.4 Å². The molecule has 0 saturated carbocycles. The number of aliphatic hydroxyl groups excluding tert-OH is 1. The third-order valence-electron chi connectivity index (χ3n) is 2.39. The van der Waals surface area contributed by atoms with E-state index < -0.39 is 0 Å². The van der Waals surface area contributed by atoms with Gasteiger partial charge in [0.25, 0.3) is 0 Å². The molecule has 0 amide bonds. The topological polar surface area (TPSA) is 55.2 Å². The van der Waals surface area contributed by atoms with Crippen LogP contribution in [0.3, 0.4) is 0 Å². The van der Waals surface area contributed by atoms with Crippen molar-refractivity contribution in [3.8, 4) is 5.75 Å². The van der Waals surface area contributed by atoms with Crippen molar-refractivity contribution in [3.05, 3.63) is 40.1 Å². The zero-order valence-electron chi connectivity index (χ0n) is 9.59. The number of nitrogens with zero attached hydrogens (tertiary/aromatic N) is 2. The molecule has 2 aromatic rings. The molecule has 0 saturated heterocycles. The molecule has 0 bridgehead atoms. The van der Waals surface area contributed by atoms with Crippen LogP contribution in [0.5, 0.6) is 5.75 Å². The van der Waals surface area contributed by atoms with Crippen molar-refractivity contribution in [1.29, 1.82) is 0 Å². The third-order valence-corrected chi connectivity index (χ3v) is 3.39. The summed E-state index contributed by atoms with van der Waals surface area (Å²) in [6, 6.07) is 3.54. The highest BCUT2D eigenvalue weighted by atomic mass is 32.1. The number of ether oxygens (including phenoxy) is 1. The van der Waals surface area contributed by atoms with Gasteiger partial charge in [-0.15, -0.1) is 11.3 Å². The number of pyridine rings is 1. The van der Waals surface area contributed by atoms with Gasteiger partial charge in [0.1, 0.15) is 5.75 Å². The first-order valence-corrected chi connectivity index (χ1v) is 6.25. The van der Waals surface area contributed by atoms with Crippen LogP contribution in [0, 0.1) is 6.92 Å². The lowest BCUT2D eigenvalue weighted by Gasteiger charge is -2.06. The van der Waals surface area contributed by atoms with Crippen LogP contribution in [-0.4, -0.2) is 21.7 Å². The Kier molecular flexibility index (Phi) is 4.06. The molecule has 0 aliphatic heterocycles. The van der Waals surface area contributed by atoms with E-state index in [4.69, 9.17) is 9.84 Å². The first-order chi connectivity index (χ1) is 8.29. The summed E-state index contributed by atoms with van der Waals surface area (Å²) in [5.74, 6) is 0.742. The fourth-order valence-corrected chi connectivity index (χ4v) is 2.22. The van der Waals surface area contributed by atoms with Crippen LogP contribution in [0.15, 0.2) is 23.8 Å². The van der Waals surface area contributed by atoms with Gasteiger partial charge in [-0.25, -0.2) is 4.98 Å². The minimum Gasteiger partial charge on any atom is -0.493 e. The molecule has 17 heavy (non-hydrogen) atoms. The highest BCUT2D eigenvalue weighted by Crippen LogP contribution is 2.15. The molecule has 2 aromatic heterocycles. The number of aryl methyl sites for hydroxylation is 1. The van der Waals surface area contributed by atoms with Gasteiger partial charge >= 0.3 is 0 Å². The van der Waals surface area contributed by atoms with E-state index in [2.05, 4.69) is 9.97 Å². The summed E-state index contributed by atoms with van der Waals surface area (Å²) in [6.45, 7) is 2.55. The van der Waals surface area contributed by atoms with Gasteiger partial charge in [0.2, 0.25) is 0 Å². The molecule has 2 rings (SSSR count). The minimum absolute atomic E-state index is 0.0643. The van der Waals surface area contributed by atoms with Gasteiger partial charge in [-0.2, -0.15) is 0 Å². The third kappa shape index (κ3) is 3.25. The van der Waals surface area contributed by atoms with Crippen LogP contribution in [0.2, 0.25) is 0 Å². The maximum absolute atomic E-state index is 8.95. The predicted molar refractivity (Wildman–Crippen MR) is 66.2 cm³/mol. The van der Waals surface area contributed by atoms with Gasteiger partial charge in [-0.3, -0.25) is 4.98 Å². The molecule has 0 aliphatic carbocycles. The van der Waals surface area contributed by atoms with Gasteiger partial charge in [0.15, 0.2) is 0 Å². The van der Waals surface area contributed by atoms with E-state index in [0.717, 1.165) is 17.9 Å². The van der Waals surface area contributed by atoms with E-state index in [0.29, 0.717) is 12.3 Å². The second kappa shape index (κ2) is 5.75. The normalized spacial score (nSPS) is 10.5. The van der Waals surface area contributed by atoms with Crippen LogP contribution in [-0.2, 0) is 13.0 Å². The zero-order chi connectivity index (χ0) is 12.1. The molecular weight excluding hydrogens is 236 g/mol. The van der Waals surface area contributed by atoms with Crippen molar-refractivity contribution in [1.82, 2.24) is 9.97 Å². The Balaban J connectivity index is 1.87. The average molecular weight is 250 g/mol. The van der Waals surface area contributed by atoms with Gasteiger partial charge < -0.3 is 9.84 Å². The summed E-state index contributed by atoms with van der Waals surface area (Å²) < 4.78 is 5.60. The largest absolute Gasteiger partial charge is 0.493 e. The van der Waals surface area contributed by atoms with E-state index in [9.17, 15) is 0 Å². The Hall–Kier alpha value is -1.46. The quantitative estimate of drug-likeness (QED) is 0.881. The molecule has 0 atom stereocenters. The molecule has 0 spiro atoms. The van der Waals surface area contributed by atoms with Gasteiger partial charge in [-0.05, 0) is 13.0 Å². The lowest BCUT2D eigenvalue weighted by atomic mass is 10.3. The van der Waals surface area contributed by atoms with Crippen molar-refractivity contribution in [3.63, 3.8) is 0 Å². The van der Waals surface area contributed by atoms with E-state index in [1.165, 1.54) is 4.88 Å². The summed E-state index contributed by atoms with van der Waals surface area (Å²) >= 11 is 1.65. The predicted octanol–water partition coefficient (Wildman–Crippen LogP) is 1.96. The van der Waals surface area contributed by atoms with Gasteiger partial charge in [0, 0.05) is 23.6 Å². The lowest BCUT2D eigenvalue weighted by Crippen LogP contribution is -2.02. The number of rotatable bonds is 5. The van der Waals surface area contributed by atoms with Crippen molar-refractivity contribution in [2.45, 2.75) is 20.0 Å². The standard InChI is InChI=1S/C12H14N2O2S/c1-9-12(17-8-14-9)3-5-16-11-2-4-13-10(6-11)7-15/h2,4,6,8,15H,3,5,7H2,1H3. The molecule has 2 heterocycles. The van der Waals surface area contributed by atoms with Gasteiger partial charge in [0.05, 0.1) is 30.1 Å². The second-order valence-corrected chi connectivity index (χ2v) is 4.54. The average Bonchev–Trinajstić information content (AvgIpc) is 2.76. The maximum Gasteiger partial charge on any atom is 0.122 e. The molecular formula is C12H14N2O2S. The monoisotopic (exact) mass is 250 g/mol. The van der Waals surface area contributed by atoms with Crippen LogP contribution in [0.25, 0.3) is 0 Å². The molecule has 0 radical (unpaired) electrons. The zero-order valence-corrected chi connectivity index (χ0v) is 10.4. The summed E-state index contributed by atoms with van der Waals surface area (Å²) in [6.07, 6.45) is 2.49. The molecule has 0 fully saturated rings. The van der Waals surface area contributed by atoms with Crippen LogP contribution in [0.4, 0.5) is 0 Å². The summed E-state index contributed by atoms with van der Waals surface area (Å²) in [5, 5.41) is 8.95. The van der Waals surface area contributed by atoms with Crippen molar-refractivity contribution in [2.24, 2.45) is 0 Å². The Bertz CT molecular complexity index is 485. The smallest absolute Gasteiger partial charge is 0.122 e. The van der Waals surface area contributed by atoms with E-state index in [1.54, 1.807) is 29.7 Å². The summed E-state index contributed by atoms with van der Waals surface area (Å²) in [4.78, 5) is 9.43. The fourth-order valence-electron chi connectivity index (χ4n) is 1.46. The lowest BCUT2D eigenvalue weighted by molar-refractivity contribution is 0.274. The molecule has 1 N–H and O–H groups in total. The Morgan fingerprint density at radius 1 is 1.41 bits per heavy atom. The fraction of sp³-hybridized carbons (Fsp3) is 0.333. The van der Waals surface area contributed by atoms with Crippen LogP contribution in [0.1, 0.15) is 16.3 Å². The summed E-state index contributed by atoms with van der Waals surface area (Å²) in [7, 11) is 0. The van der Waals surface area contributed by atoms with Crippen LogP contribution < -0.4 is 4.74 Å². The highest BCUT2D eigenvalue weighted by Gasteiger charge is 2.02. The van der Waals surface area contributed by atoms with Gasteiger partial charge in [-0.1, -0.05) is 0 Å². The molecule has 90 valence electrons. The van der Waals surface area contributed by atoms with E-state index >= 15 is 0 Å². The Labute approximate surface area is 104 Å². The summed E-state index contributed by atoms with van der Waals surface area (Å²) in [5.41, 5.74) is 3.54. The Morgan fingerprint density at radius 2 is 2.29 bits per heavy atom. The van der Waals surface area contributed by atoms with E-state index in [-0.39, 0.29) is 6.61 Å². The molecule has 4 nitrogen and oxygen atoms in total. The second-order valence-electron chi connectivity index (χ2n) is 3.60. The SMILES string of the molecule is Cc1ncsc1CCOc1ccnc(CO)c1. The van der Waals surface area contributed by atoms with Crippen LogP contribution >= 0.6 is 11.3 Å². The molecule has 0 aromatic carbocycles. The van der Waals surface area contributed by atoms with Crippen molar-refractivity contribution >= 4 is 11.3 Å². The number of aliphatic hydroxyl groups is 1. The number of aromatic nitrogens is 2. The Morgan fingerprint density at radius 3 is 3.00 bits per heavy atom. The number of hydrogen-bond donors (Lipinski definition) is 1. The first-order valence-electron chi connectivity index (χ1n) is 5.37. The van der Waals surface area contributed by atoms with Crippen molar-refractivity contribution < 1.29 is 9.84 Å². The number of thiazole rings is 1. The maximum atomic E-state index is 8.95. The molecule has 5 heteroatoms. The van der Waals surface area contributed by atoms with Crippen molar-refractivity contribution in [2.75, 3.05) is 6.61 Å². The molecule has 0 unspecified atom stereocenters. The highest BCUT2D eigenvalue weighted by molar-refractivity contribution is 7.09. The minimum atomic E-state index is -0.0643. The first kappa shape index (κ1) is 12.0. The number of hydrogen-bond acceptors (Lipinski definition) is 5.